The first kappa shape index (κ1) is 15.7. The summed E-state index contributed by atoms with van der Waals surface area (Å²) in [4.78, 5) is 0. The Hall–Kier alpha value is -1.65. The molecule has 114 valence electrons. The molecule has 0 radical (unpaired) electrons. The van der Waals surface area contributed by atoms with Crippen molar-refractivity contribution < 1.29 is 5.11 Å². The summed E-state index contributed by atoms with van der Waals surface area (Å²) in [5.41, 5.74) is 2.37. The molecule has 1 heterocycles. The Morgan fingerprint density at radius 3 is 2.48 bits per heavy atom. The van der Waals surface area contributed by atoms with Gasteiger partial charge in [0.25, 0.3) is 0 Å². The highest BCUT2D eigenvalue weighted by molar-refractivity contribution is 5.16. The van der Waals surface area contributed by atoms with Crippen LogP contribution in [0.1, 0.15) is 31.9 Å². The third-order valence-electron chi connectivity index (χ3n) is 3.46. The zero-order valence-electron chi connectivity index (χ0n) is 13.1. The molecule has 0 bridgehead atoms. The largest absolute Gasteiger partial charge is 0.395 e. The molecule has 0 unspecified atom stereocenters. The molecule has 0 spiro atoms. The van der Waals surface area contributed by atoms with Gasteiger partial charge in [0.2, 0.25) is 0 Å². The Morgan fingerprint density at radius 1 is 1.19 bits per heavy atom. The molecule has 1 aromatic heterocycles. The highest BCUT2D eigenvalue weighted by Crippen LogP contribution is 2.13. The van der Waals surface area contributed by atoms with Crippen molar-refractivity contribution in [3.05, 3.63) is 53.9 Å². The Labute approximate surface area is 126 Å². The molecule has 0 aliphatic heterocycles. The quantitative estimate of drug-likeness (QED) is 0.857. The summed E-state index contributed by atoms with van der Waals surface area (Å²) in [6, 6.07) is 10.3. The molecule has 1 aromatic carbocycles. The van der Waals surface area contributed by atoms with Crippen LogP contribution < -0.4 is 5.32 Å². The van der Waals surface area contributed by atoms with Gasteiger partial charge in [0.05, 0.1) is 18.3 Å². The fraction of sp³-hybridized carbons (Fsp3) is 0.471. The smallest absolute Gasteiger partial charge is 0.0587 e. The number of aliphatic hydroxyl groups excluding tert-OH is 1. The summed E-state index contributed by atoms with van der Waals surface area (Å²) in [6.07, 6.45) is 4.77. The third-order valence-corrected chi connectivity index (χ3v) is 3.46. The van der Waals surface area contributed by atoms with Crippen LogP contribution in [-0.2, 0) is 18.5 Å². The van der Waals surface area contributed by atoms with E-state index in [0.29, 0.717) is 6.54 Å². The van der Waals surface area contributed by atoms with Crippen LogP contribution in [0.25, 0.3) is 0 Å². The number of nitrogens with zero attached hydrogens (tertiary/aromatic N) is 2. The Kier molecular flexibility index (Phi) is 5.15. The maximum atomic E-state index is 9.52. The molecule has 0 fully saturated rings. The first-order chi connectivity index (χ1) is 9.99. The van der Waals surface area contributed by atoms with Crippen molar-refractivity contribution in [2.24, 2.45) is 0 Å². The molecule has 0 aliphatic rings. The van der Waals surface area contributed by atoms with Gasteiger partial charge in [-0.2, -0.15) is 5.10 Å². The molecule has 1 atom stereocenters. The van der Waals surface area contributed by atoms with Crippen LogP contribution in [0.4, 0.5) is 0 Å². The van der Waals surface area contributed by atoms with Gasteiger partial charge in [-0.05, 0) is 32.8 Å². The van der Waals surface area contributed by atoms with Gasteiger partial charge >= 0.3 is 0 Å². The van der Waals surface area contributed by atoms with Crippen LogP contribution in [0.3, 0.4) is 0 Å². The minimum Gasteiger partial charge on any atom is -0.395 e. The van der Waals surface area contributed by atoms with Gasteiger partial charge in [-0.1, -0.05) is 30.3 Å². The van der Waals surface area contributed by atoms with E-state index in [9.17, 15) is 5.11 Å². The van der Waals surface area contributed by atoms with Gasteiger partial charge in [0.1, 0.15) is 0 Å². The summed E-state index contributed by atoms with van der Waals surface area (Å²) >= 11 is 0. The van der Waals surface area contributed by atoms with E-state index in [2.05, 4.69) is 49.5 Å². The molecule has 2 aromatic rings. The molecular formula is C17H25N3O. The molecule has 0 saturated heterocycles. The number of benzene rings is 1. The summed E-state index contributed by atoms with van der Waals surface area (Å²) in [5, 5.41) is 17.3. The van der Waals surface area contributed by atoms with Crippen LogP contribution in [-0.4, -0.2) is 27.5 Å². The number of rotatable bonds is 6. The van der Waals surface area contributed by atoms with Crippen molar-refractivity contribution in [3.8, 4) is 0 Å². The second-order valence-corrected chi connectivity index (χ2v) is 6.41. The van der Waals surface area contributed by atoms with Crippen molar-refractivity contribution >= 4 is 0 Å². The summed E-state index contributed by atoms with van der Waals surface area (Å²) < 4.78 is 1.97. The molecule has 4 heteroatoms. The first-order valence-corrected chi connectivity index (χ1v) is 7.41. The zero-order valence-corrected chi connectivity index (χ0v) is 13.1. The zero-order chi connectivity index (χ0) is 15.3. The maximum absolute atomic E-state index is 9.52. The summed E-state index contributed by atoms with van der Waals surface area (Å²) in [7, 11) is 0. The molecule has 21 heavy (non-hydrogen) atoms. The number of hydrogen-bond acceptors (Lipinski definition) is 3. The van der Waals surface area contributed by atoms with Gasteiger partial charge in [-0.25, -0.2) is 0 Å². The van der Waals surface area contributed by atoms with Crippen molar-refractivity contribution in [2.45, 2.75) is 45.3 Å². The lowest BCUT2D eigenvalue weighted by Crippen LogP contribution is -2.34. The summed E-state index contributed by atoms with van der Waals surface area (Å²) in [6.45, 7) is 7.23. The fourth-order valence-corrected chi connectivity index (χ4v) is 2.18. The number of aliphatic hydroxyl groups is 1. The number of aromatic nitrogens is 2. The molecule has 4 nitrogen and oxygen atoms in total. The Balaban J connectivity index is 1.90. The lowest BCUT2D eigenvalue weighted by atomic mass is 10.1. The van der Waals surface area contributed by atoms with Crippen LogP contribution in [0.15, 0.2) is 42.7 Å². The van der Waals surface area contributed by atoms with Gasteiger partial charge in [0.15, 0.2) is 0 Å². The second-order valence-electron chi connectivity index (χ2n) is 6.41. The molecule has 0 aliphatic carbocycles. The van der Waals surface area contributed by atoms with Gasteiger partial charge in [0, 0.05) is 24.3 Å². The van der Waals surface area contributed by atoms with Crippen molar-refractivity contribution in [1.82, 2.24) is 15.1 Å². The van der Waals surface area contributed by atoms with E-state index in [1.54, 1.807) is 0 Å². The molecule has 2 N–H and O–H groups in total. The van der Waals surface area contributed by atoms with E-state index in [4.69, 9.17) is 0 Å². The van der Waals surface area contributed by atoms with E-state index in [0.717, 1.165) is 12.0 Å². The average Bonchev–Trinajstić information content (AvgIpc) is 2.93. The minimum absolute atomic E-state index is 0.00132. The first-order valence-electron chi connectivity index (χ1n) is 7.41. The van der Waals surface area contributed by atoms with E-state index in [1.807, 2.05) is 29.1 Å². The van der Waals surface area contributed by atoms with Gasteiger partial charge in [-0.15, -0.1) is 0 Å². The lowest BCUT2D eigenvalue weighted by Gasteiger charge is -2.19. The predicted octanol–water partition coefficient (Wildman–Crippen LogP) is 2.33. The van der Waals surface area contributed by atoms with Crippen LogP contribution in [0.5, 0.6) is 0 Å². The normalized spacial score (nSPS) is 13.3. The van der Waals surface area contributed by atoms with Gasteiger partial charge < -0.3 is 10.4 Å². The van der Waals surface area contributed by atoms with Crippen LogP contribution in [0.2, 0.25) is 0 Å². The predicted molar refractivity (Wildman–Crippen MR) is 85.1 cm³/mol. The Bertz CT molecular complexity index is 543. The van der Waals surface area contributed by atoms with Crippen LogP contribution in [0, 0.1) is 0 Å². The van der Waals surface area contributed by atoms with Crippen molar-refractivity contribution in [1.29, 1.82) is 0 Å². The Morgan fingerprint density at radius 2 is 1.90 bits per heavy atom. The molecule has 0 saturated carbocycles. The lowest BCUT2D eigenvalue weighted by molar-refractivity contribution is 0.240. The number of nitrogens with one attached hydrogen (secondary N) is 1. The molecular weight excluding hydrogens is 262 g/mol. The van der Waals surface area contributed by atoms with E-state index < -0.39 is 0 Å². The SMILES string of the molecule is CC(C)(C)n1cc(CN[C@@H](CO)Cc2ccccc2)cn1. The molecule has 2 rings (SSSR count). The average molecular weight is 287 g/mol. The maximum Gasteiger partial charge on any atom is 0.0587 e. The van der Waals surface area contributed by atoms with Crippen LogP contribution >= 0.6 is 0 Å². The summed E-state index contributed by atoms with van der Waals surface area (Å²) in [5.74, 6) is 0. The standard InChI is InChI=1S/C17H25N3O/c1-17(2,3)20-12-15(11-19-20)10-18-16(13-21)9-14-7-5-4-6-8-14/h4-8,11-12,16,18,21H,9-10,13H2,1-3H3/t16-/m1/s1. The fourth-order valence-electron chi connectivity index (χ4n) is 2.18. The van der Waals surface area contributed by atoms with Gasteiger partial charge in [-0.3, -0.25) is 4.68 Å². The second kappa shape index (κ2) is 6.87. The highest BCUT2D eigenvalue weighted by Gasteiger charge is 2.14. The number of hydrogen-bond donors (Lipinski definition) is 2. The van der Waals surface area contributed by atoms with E-state index in [-0.39, 0.29) is 18.2 Å². The monoisotopic (exact) mass is 287 g/mol. The minimum atomic E-state index is -0.00132. The van der Waals surface area contributed by atoms with E-state index >= 15 is 0 Å². The highest BCUT2D eigenvalue weighted by atomic mass is 16.3. The molecule has 0 amide bonds. The van der Waals surface area contributed by atoms with Crippen molar-refractivity contribution in [2.75, 3.05) is 6.61 Å². The topological polar surface area (TPSA) is 50.1 Å². The van der Waals surface area contributed by atoms with E-state index in [1.165, 1.54) is 5.56 Å². The third kappa shape index (κ3) is 4.69. The van der Waals surface area contributed by atoms with Crippen molar-refractivity contribution in [3.63, 3.8) is 0 Å².